The van der Waals surface area contributed by atoms with Crippen LogP contribution in [-0.4, -0.2) is 67.4 Å². The Labute approximate surface area is 246 Å². The van der Waals surface area contributed by atoms with Gasteiger partial charge in [-0.15, -0.1) is 0 Å². The van der Waals surface area contributed by atoms with Gasteiger partial charge >= 0.3 is 0 Å². The number of nitrogens with zero attached hydrogens (tertiary/aromatic N) is 4. The number of hydrogen-bond acceptors (Lipinski definition) is 7. The van der Waals surface area contributed by atoms with Crippen molar-refractivity contribution in [3.63, 3.8) is 0 Å². The Hall–Kier alpha value is -3.76. The van der Waals surface area contributed by atoms with Crippen molar-refractivity contribution in [3.05, 3.63) is 70.7 Å². The van der Waals surface area contributed by atoms with Gasteiger partial charge in [-0.1, -0.05) is 0 Å². The number of rotatable bonds is 13. The molecule has 0 unspecified atom stereocenters. The Morgan fingerprint density at radius 2 is 1.80 bits per heavy atom. The van der Waals surface area contributed by atoms with Gasteiger partial charge < -0.3 is 19.9 Å². The third kappa shape index (κ3) is 7.31. The van der Waals surface area contributed by atoms with Gasteiger partial charge in [-0.05, 0) is 74.9 Å². The second-order valence-corrected chi connectivity index (χ2v) is 11.4. The maximum Gasteiger partial charge on any atom is 0.252 e. The zero-order chi connectivity index (χ0) is 29.4. The van der Waals surface area contributed by atoms with E-state index in [0.717, 1.165) is 32.5 Å². The average Bonchev–Trinajstić information content (AvgIpc) is 3.51. The summed E-state index contributed by atoms with van der Waals surface area (Å²) >= 11 is 1.51. The molecule has 1 N–H and O–H groups in total. The van der Waals surface area contributed by atoms with E-state index >= 15 is 0 Å². The molecule has 0 fully saturated rings. The standard InChI is InChI=1S/C31H39N5O4S/c1-5-36-26-9-8-25(20-27(26)34(4)29(38)31(2,3)30(36)39)40-18-7-17-35(21-23-10-14-32-15-11-23)16-6-13-33-28(37)24-12-19-41-22-24/h8-12,14-15,19-20,22H,5-7,13,16-18,21H2,1-4H3,(H,33,37). The number of fused-ring (bicyclic) bond motifs is 1. The topological polar surface area (TPSA) is 95.1 Å². The van der Waals surface area contributed by atoms with Gasteiger partial charge in [0.25, 0.3) is 5.91 Å². The molecule has 0 saturated heterocycles. The molecular weight excluding hydrogens is 538 g/mol. The van der Waals surface area contributed by atoms with Crippen molar-refractivity contribution < 1.29 is 19.1 Å². The third-order valence-corrected chi connectivity index (χ3v) is 7.98. The van der Waals surface area contributed by atoms with Crippen LogP contribution in [0.3, 0.4) is 0 Å². The molecule has 4 rings (SSSR count). The highest BCUT2D eigenvalue weighted by molar-refractivity contribution is 7.08. The van der Waals surface area contributed by atoms with Crippen LogP contribution in [0, 0.1) is 5.41 Å². The fraction of sp³-hybridized carbons (Fsp3) is 0.419. The van der Waals surface area contributed by atoms with E-state index in [9.17, 15) is 14.4 Å². The molecule has 0 radical (unpaired) electrons. The highest BCUT2D eigenvalue weighted by atomic mass is 32.1. The first-order valence-electron chi connectivity index (χ1n) is 14.0. The number of pyridine rings is 1. The van der Waals surface area contributed by atoms with Gasteiger partial charge in [0.1, 0.15) is 11.2 Å². The van der Waals surface area contributed by atoms with E-state index in [1.165, 1.54) is 16.9 Å². The van der Waals surface area contributed by atoms with E-state index in [1.807, 2.05) is 54.1 Å². The molecule has 3 aromatic rings. The lowest BCUT2D eigenvalue weighted by Crippen LogP contribution is -2.47. The molecule has 0 spiro atoms. The molecule has 218 valence electrons. The number of amides is 3. The average molecular weight is 578 g/mol. The lowest BCUT2D eigenvalue weighted by Gasteiger charge is -2.27. The minimum absolute atomic E-state index is 0.0385. The molecule has 0 saturated carbocycles. The summed E-state index contributed by atoms with van der Waals surface area (Å²) in [5.41, 5.74) is 2.11. The van der Waals surface area contributed by atoms with Gasteiger partial charge in [0.2, 0.25) is 11.8 Å². The Kier molecular flexibility index (Phi) is 10.1. The maximum atomic E-state index is 13.1. The largest absolute Gasteiger partial charge is 0.493 e. The van der Waals surface area contributed by atoms with E-state index in [1.54, 1.807) is 43.1 Å². The molecule has 3 heterocycles. The van der Waals surface area contributed by atoms with Gasteiger partial charge in [-0.2, -0.15) is 11.3 Å². The second kappa shape index (κ2) is 13.7. The van der Waals surface area contributed by atoms with E-state index in [4.69, 9.17) is 4.74 Å². The first-order chi connectivity index (χ1) is 19.7. The van der Waals surface area contributed by atoms with Gasteiger partial charge in [0, 0.05) is 69.2 Å². The van der Waals surface area contributed by atoms with Gasteiger partial charge in [-0.3, -0.25) is 24.3 Å². The van der Waals surface area contributed by atoms with Crippen LogP contribution in [-0.2, 0) is 16.1 Å². The minimum atomic E-state index is -1.14. The molecule has 9 nitrogen and oxygen atoms in total. The minimum Gasteiger partial charge on any atom is -0.493 e. The second-order valence-electron chi connectivity index (χ2n) is 10.6. The molecule has 41 heavy (non-hydrogen) atoms. The zero-order valence-corrected chi connectivity index (χ0v) is 25.1. The lowest BCUT2D eigenvalue weighted by atomic mass is 9.90. The van der Waals surface area contributed by atoms with Crippen LogP contribution in [0.5, 0.6) is 5.75 Å². The lowest BCUT2D eigenvalue weighted by molar-refractivity contribution is -0.137. The summed E-state index contributed by atoms with van der Waals surface area (Å²) in [5.74, 6) is 0.173. The number of nitrogens with one attached hydrogen (secondary N) is 1. The molecule has 1 aliphatic heterocycles. The zero-order valence-electron chi connectivity index (χ0n) is 24.3. The highest BCUT2D eigenvalue weighted by Crippen LogP contribution is 2.40. The summed E-state index contributed by atoms with van der Waals surface area (Å²) in [6.07, 6.45) is 5.22. The fourth-order valence-corrected chi connectivity index (χ4v) is 5.60. The van der Waals surface area contributed by atoms with Crippen LogP contribution in [0.15, 0.2) is 59.6 Å². The van der Waals surface area contributed by atoms with Gasteiger partial charge in [-0.25, -0.2) is 0 Å². The summed E-state index contributed by atoms with van der Waals surface area (Å²) in [5, 5.41) is 6.75. The molecule has 0 aliphatic carbocycles. The Bertz CT molecular complexity index is 1330. The number of benzene rings is 1. The van der Waals surface area contributed by atoms with Gasteiger partial charge in [0.05, 0.1) is 18.0 Å². The molecule has 0 atom stereocenters. The fourth-order valence-electron chi connectivity index (χ4n) is 4.97. The summed E-state index contributed by atoms with van der Waals surface area (Å²) < 4.78 is 6.11. The number of aromatic nitrogens is 1. The molecule has 1 aliphatic rings. The van der Waals surface area contributed by atoms with Crippen molar-refractivity contribution in [2.24, 2.45) is 5.41 Å². The van der Waals surface area contributed by atoms with Crippen LogP contribution in [0.25, 0.3) is 0 Å². The molecule has 1 aromatic carbocycles. The van der Waals surface area contributed by atoms with E-state index < -0.39 is 5.41 Å². The third-order valence-electron chi connectivity index (χ3n) is 7.30. The van der Waals surface area contributed by atoms with Crippen molar-refractivity contribution in [1.82, 2.24) is 15.2 Å². The Morgan fingerprint density at radius 1 is 1.05 bits per heavy atom. The number of hydrogen-bond donors (Lipinski definition) is 1. The molecular formula is C31H39N5O4S. The molecule has 2 aromatic heterocycles. The monoisotopic (exact) mass is 577 g/mol. The first-order valence-corrected chi connectivity index (χ1v) is 14.9. The number of carbonyl (C=O) groups is 3. The molecule has 3 amide bonds. The van der Waals surface area contributed by atoms with Crippen molar-refractivity contribution >= 4 is 40.4 Å². The van der Waals surface area contributed by atoms with Crippen molar-refractivity contribution in [2.45, 2.75) is 40.2 Å². The van der Waals surface area contributed by atoms with E-state index in [-0.39, 0.29) is 17.7 Å². The summed E-state index contributed by atoms with van der Waals surface area (Å²) in [6.45, 7) is 9.27. The maximum absolute atomic E-state index is 13.1. The quantitative estimate of drug-likeness (QED) is 0.236. The molecule has 10 heteroatoms. The first kappa shape index (κ1) is 30.2. The SMILES string of the molecule is CCN1C(=O)C(C)(C)C(=O)N(C)c2cc(OCCCN(CCCNC(=O)c3ccsc3)Cc3ccncc3)ccc21. The summed E-state index contributed by atoms with van der Waals surface area (Å²) in [4.78, 5) is 48.1. The normalized spacial score (nSPS) is 14.7. The summed E-state index contributed by atoms with van der Waals surface area (Å²) in [6, 6.07) is 11.4. The number of anilines is 2. The van der Waals surface area contributed by atoms with Crippen LogP contribution < -0.4 is 19.9 Å². The van der Waals surface area contributed by atoms with Crippen LogP contribution >= 0.6 is 11.3 Å². The Morgan fingerprint density at radius 3 is 2.51 bits per heavy atom. The Balaban J connectivity index is 1.34. The number of carbonyl (C=O) groups excluding carboxylic acids is 3. The van der Waals surface area contributed by atoms with Crippen LogP contribution in [0.2, 0.25) is 0 Å². The summed E-state index contributed by atoms with van der Waals surface area (Å²) in [7, 11) is 1.71. The van der Waals surface area contributed by atoms with Crippen molar-refractivity contribution in [3.8, 4) is 5.75 Å². The number of thiophene rings is 1. The predicted octanol–water partition coefficient (Wildman–Crippen LogP) is 4.59. The smallest absolute Gasteiger partial charge is 0.252 e. The molecule has 0 bridgehead atoms. The predicted molar refractivity (Wildman–Crippen MR) is 163 cm³/mol. The van der Waals surface area contributed by atoms with E-state index in [0.29, 0.717) is 42.4 Å². The van der Waals surface area contributed by atoms with E-state index in [2.05, 4.69) is 15.2 Å². The van der Waals surface area contributed by atoms with Crippen LogP contribution in [0.1, 0.15) is 49.5 Å². The van der Waals surface area contributed by atoms with Gasteiger partial charge in [0.15, 0.2) is 0 Å². The highest BCUT2D eigenvalue weighted by Gasteiger charge is 2.45. The van der Waals surface area contributed by atoms with Crippen LogP contribution in [0.4, 0.5) is 11.4 Å². The van der Waals surface area contributed by atoms with Crippen molar-refractivity contribution in [2.75, 3.05) is 49.6 Å². The number of ether oxygens (including phenoxy) is 1. The van der Waals surface area contributed by atoms with Crippen molar-refractivity contribution in [1.29, 1.82) is 0 Å².